The molecule has 10 heteroatoms. The maximum Gasteiger partial charge on any atom is 0.236 e. The number of hydrogen-bond donors (Lipinski definition) is 2. The number of rotatable bonds is 11. The van der Waals surface area contributed by atoms with Gasteiger partial charge in [-0.05, 0) is 41.8 Å². The minimum Gasteiger partial charge on any atom is -0.492 e. The van der Waals surface area contributed by atoms with Gasteiger partial charge in [-0.25, -0.2) is 18.4 Å². The molecule has 0 unspecified atom stereocenters. The highest BCUT2D eigenvalue weighted by atomic mass is 35.5. The van der Waals surface area contributed by atoms with Crippen molar-refractivity contribution in [1.29, 1.82) is 0 Å². The van der Waals surface area contributed by atoms with E-state index in [0.29, 0.717) is 35.2 Å². The Kier molecular flexibility index (Phi) is 8.58. The normalized spacial score (nSPS) is 11.8. The van der Waals surface area contributed by atoms with Crippen LogP contribution in [0.15, 0.2) is 48.8 Å². The quantitative estimate of drug-likeness (QED) is 0.379. The highest BCUT2D eigenvalue weighted by Crippen LogP contribution is 2.38. The van der Waals surface area contributed by atoms with E-state index in [2.05, 4.69) is 34.6 Å². The van der Waals surface area contributed by atoms with Crippen LogP contribution in [0.3, 0.4) is 0 Å². The second-order valence-corrected chi connectivity index (χ2v) is 10.9. The van der Waals surface area contributed by atoms with Crippen LogP contribution in [0, 0.1) is 0 Å². The Morgan fingerprint density at radius 2 is 1.71 bits per heavy atom. The van der Waals surface area contributed by atoms with E-state index in [9.17, 15) is 8.42 Å². The number of aromatic nitrogens is 2. The molecule has 35 heavy (non-hydrogen) atoms. The first kappa shape index (κ1) is 26.7. The average Bonchev–Trinajstić information content (AvgIpc) is 2.81. The van der Waals surface area contributed by atoms with Crippen LogP contribution in [0.2, 0.25) is 5.02 Å². The maximum atomic E-state index is 11.3. The Bertz CT molecular complexity index is 1250. The Morgan fingerprint density at radius 3 is 2.29 bits per heavy atom. The van der Waals surface area contributed by atoms with E-state index in [1.807, 2.05) is 37.3 Å². The second kappa shape index (κ2) is 11.2. The fourth-order valence-electron chi connectivity index (χ4n) is 3.48. The van der Waals surface area contributed by atoms with Crippen molar-refractivity contribution >= 4 is 27.6 Å². The van der Waals surface area contributed by atoms with Crippen molar-refractivity contribution < 1.29 is 17.9 Å². The van der Waals surface area contributed by atoms with Gasteiger partial charge in [0.2, 0.25) is 16.0 Å². The van der Waals surface area contributed by atoms with Crippen LogP contribution in [0.1, 0.15) is 49.4 Å². The molecule has 0 spiro atoms. The number of nitrogens with one attached hydrogen (secondary N) is 1. The van der Waals surface area contributed by atoms with Gasteiger partial charge in [-0.15, -0.1) is 0 Å². The Morgan fingerprint density at radius 1 is 1.06 bits per heavy atom. The lowest BCUT2D eigenvalue weighted by Gasteiger charge is -2.28. The summed E-state index contributed by atoms with van der Waals surface area (Å²) in [5.41, 5.74) is 9.38. The lowest BCUT2D eigenvalue weighted by Crippen LogP contribution is -2.20. The van der Waals surface area contributed by atoms with Crippen LogP contribution in [-0.2, 0) is 28.6 Å². The highest BCUT2D eigenvalue weighted by Gasteiger charge is 2.25. The summed E-state index contributed by atoms with van der Waals surface area (Å²) in [5, 5.41) is 0.560. The van der Waals surface area contributed by atoms with E-state index in [1.165, 1.54) is 12.4 Å². The molecule has 0 saturated carbocycles. The SMILES string of the molecule is CCCOc1c(Cl)cc(C(C)(C)c2ccc(OCc3cnc(NS(C)(=O)=O)nc3)cc2)cc1CN. The lowest BCUT2D eigenvalue weighted by molar-refractivity contribution is 0.305. The molecule has 3 N–H and O–H groups in total. The third-order valence-corrected chi connectivity index (χ3v) is 6.31. The van der Waals surface area contributed by atoms with Crippen LogP contribution in [0.4, 0.5) is 5.95 Å². The summed E-state index contributed by atoms with van der Waals surface area (Å²) in [6.45, 7) is 7.48. The van der Waals surface area contributed by atoms with Crippen molar-refractivity contribution in [3.63, 3.8) is 0 Å². The third kappa shape index (κ3) is 7.06. The molecule has 0 fully saturated rings. The van der Waals surface area contributed by atoms with Gasteiger partial charge >= 0.3 is 0 Å². The first-order valence-corrected chi connectivity index (χ1v) is 13.5. The maximum absolute atomic E-state index is 11.3. The molecular weight excluding hydrogens is 488 g/mol. The largest absolute Gasteiger partial charge is 0.492 e. The van der Waals surface area contributed by atoms with Gasteiger partial charge in [-0.1, -0.05) is 44.5 Å². The summed E-state index contributed by atoms with van der Waals surface area (Å²) in [6.07, 6.45) is 4.97. The number of halogens is 1. The zero-order valence-corrected chi connectivity index (χ0v) is 21.9. The zero-order valence-electron chi connectivity index (χ0n) is 20.3. The molecular formula is C25H31ClN4O4S. The second-order valence-electron chi connectivity index (χ2n) is 8.73. The van der Waals surface area contributed by atoms with Crippen molar-refractivity contribution in [1.82, 2.24) is 9.97 Å². The molecule has 3 aromatic rings. The third-order valence-electron chi connectivity index (χ3n) is 5.48. The van der Waals surface area contributed by atoms with Gasteiger partial charge in [0, 0.05) is 35.5 Å². The van der Waals surface area contributed by atoms with Crippen LogP contribution in [0.25, 0.3) is 0 Å². The number of nitrogens with two attached hydrogens (primary N) is 1. The Balaban J connectivity index is 1.71. The van der Waals surface area contributed by atoms with Crippen LogP contribution in [0.5, 0.6) is 11.5 Å². The van der Waals surface area contributed by atoms with E-state index >= 15 is 0 Å². The molecule has 0 aliphatic rings. The zero-order chi connectivity index (χ0) is 25.6. The molecule has 0 radical (unpaired) electrons. The van der Waals surface area contributed by atoms with Crippen molar-refractivity contribution in [3.8, 4) is 11.5 Å². The minimum absolute atomic E-state index is 0.0192. The minimum atomic E-state index is -3.42. The molecule has 0 atom stereocenters. The van der Waals surface area contributed by atoms with Gasteiger partial charge in [0.15, 0.2) is 0 Å². The van der Waals surface area contributed by atoms with Crippen molar-refractivity contribution in [2.45, 2.75) is 45.8 Å². The van der Waals surface area contributed by atoms with E-state index in [-0.39, 0.29) is 18.0 Å². The number of anilines is 1. The summed E-state index contributed by atoms with van der Waals surface area (Å²) in [6, 6.07) is 11.8. The molecule has 1 aromatic heterocycles. The number of hydrogen-bond acceptors (Lipinski definition) is 7. The molecule has 8 nitrogen and oxygen atoms in total. The van der Waals surface area contributed by atoms with Gasteiger partial charge in [-0.2, -0.15) is 0 Å². The molecule has 188 valence electrons. The fourth-order valence-corrected chi connectivity index (χ4v) is 4.21. The molecule has 2 aromatic carbocycles. The van der Waals surface area contributed by atoms with Crippen LogP contribution >= 0.6 is 11.6 Å². The van der Waals surface area contributed by atoms with Gasteiger partial charge in [0.1, 0.15) is 18.1 Å². The molecule has 0 aliphatic heterocycles. The van der Waals surface area contributed by atoms with Crippen LogP contribution in [-0.4, -0.2) is 31.2 Å². The summed E-state index contributed by atoms with van der Waals surface area (Å²) in [4.78, 5) is 7.98. The molecule has 1 heterocycles. The van der Waals surface area contributed by atoms with Crippen molar-refractivity contribution in [2.75, 3.05) is 17.6 Å². The Hall–Kier alpha value is -2.88. The number of sulfonamides is 1. The first-order chi connectivity index (χ1) is 16.5. The molecule has 0 saturated heterocycles. The monoisotopic (exact) mass is 518 g/mol. The van der Waals surface area contributed by atoms with Crippen molar-refractivity contribution in [2.24, 2.45) is 5.73 Å². The first-order valence-electron chi connectivity index (χ1n) is 11.2. The van der Waals surface area contributed by atoms with Crippen molar-refractivity contribution in [3.05, 3.63) is 76.1 Å². The standard InChI is InChI=1S/C25H31ClN4O4S/c1-5-10-33-23-18(13-27)11-20(12-22(23)26)25(2,3)19-6-8-21(9-7-19)34-16-17-14-28-24(29-15-17)30-35(4,31)32/h6-9,11-12,14-15H,5,10,13,16,27H2,1-4H3,(H,28,29,30). The predicted molar refractivity (Wildman–Crippen MR) is 139 cm³/mol. The topological polar surface area (TPSA) is 116 Å². The van der Waals surface area contributed by atoms with Crippen LogP contribution < -0.4 is 19.9 Å². The average molecular weight is 519 g/mol. The predicted octanol–water partition coefficient (Wildman–Crippen LogP) is 4.65. The summed E-state index contributed by atoms with van der Waals surface area (Å²) in [7, 11) is -3.42. The smallest absolute Gasteiger partial charge is 0.236 e. The van der Waals surface area contributed by atoms with Gasteiger partial charge in [0.05, 0.1) is 17.9 Å². The molecule has 0 aliphatic carbocycles. The van der Waals surface area contributed by atoms with E-state index in [1.54, 1.807) is 0 Å². The molecule has 3 rings (SSSR count). The number of ether oxygens (including phenoxy) is 2. The fraction of sp³-hybridized carbons (Fsp3) is 0.360. The van der Waals surface area contributed by atoms with Gasteiger partial charge in [-0.3, -0.25) is 4.72 Å². The molecule has 0 bridgehead atoms. The highest BCUT2D eigenvalue weighted by molar-refractivity contribution is 7.91. The summed E-state index contributed by atoms with van der Waals surface area (Å²) < 4.78 is 36.4. The summed E-state index contributed by atoms with van der Waals surface area (Å²) in [5.74, 6) is 1.36. The van der Waals surface area contributed by atoms with E-state index in [0.717, 1.165) is 29.4 Å². The van der Waals surface area contributed by atoms with E-state index < -0.39 is 10.0 Å². The molecule has 0 amide bonds. The van der Waals surface area contributed by atoms with Gasteiger partial charge < -0.3 is 15.2 Å². The number of nitrogens with zero attached hydrogens (tertiary/aromatic N) is 2. The number of benzene rings is 2. The van der Waals surface area contributed by atoms with Gasteiger partial charge in [0.25, 0.3) is 0 Å². The Labute approximate surface area is 211 Å². The lowest BCUT2D eigenvalue weighted by atomic mass is 9.77. The summed E-state index contributed by atoms with van der Waals surface area (Å²) >= 11 is 6.56. The van der Waals surface area contributed by atoms with E-state index in [4.69, 9.17) is 26.8 Å².